The minimum absolute atomic E-state index is 0.0859. The molecule has 3 amide bonds. The fourth-order valence-corrected chi connectivity index (χ4v) is 6.96. The van der Waals surface area contributed by atoms with Crippen LogP contribution in [0.25, 0.3) is 11.1 Å². The van der Waals surface area contributed by atoms with E-state index in [1.165, 1.54) is 35.3 Å². The third-order valence-electron chi connectivity index (χ3n) is 6.65. The molecule has 9 nitrogen and oxygen atoms in total. The van der Waals surface area contributed by atoms with Gasteiger partial charge in [-0.25, -0.2) is 9.59 Å². The average Bonchev–Trinajstić information content (AvgIpc) is 3.37. The number of carboxylic acid groups (broad SMARTS) is 1. The van der Waals surface area contributed by atoms with E-state index in [0.29, 0.717) is 0 Å². The predicted molar refractivity (Wildman–Crippen MR) is 148 cm³/mol. The lowest BCUT2D eigenvalue weighted by atomic mass is 9.98. The molecule has 1 aliphatic heterocycles. The maximum absolute atomic E-state index is 13.6. The number of ether oxygens (including phenoxy) is 1. The predicted octanol–water partition coefficient (Wildman–Crippen LogP) is 3.49. The van der Waals surface area contributed by atoms with Crippen LogP contribution in [-0.4, -0.2) is 74.8 Å². The van der Waals surface area contributed by atoms with Crippen LogP contribution in [0.2, 0.25) is 0 Å². The number of fused-ring (bicyclic) bond motifs is 3. The molecule has 1 heterocycles. The highest BCUT2D eigenvalue weighted by molar-refractivity contribution is 8.01. The summed E-state index contributed by atoms with van der Waals surface area (Å²) < 4.78 is 5.63. The van der Waals surface area contributed by atoms with E-state index < -0.39 is 34.9 Å². The molecule has 202 valence electrons. The van der Waals surface area contributed by atoms with E-state index in [1.54, 1.807) is 13.8 Å². The summed E-state index contributed by atoms with van der Waals surface area (Å²) in [5, 5.41) is 15.0. The first-order chi connectivity index (χ1) is 18.1. The molecule has 3 N–H and O–H groups in total. The van der Waals surface area contributed by atoms with Crippen molar-refractivity contribution in [2.45, 2.75) is 43.6 Å². The number of rotatable bonds is 9. The van der Waals surface area contributed by atoms with Crippen LogP contribution in [0.5, 0.6) is 0 Å². The molecule has 1 fully saturated rings. The Balaban J connectivity index is 1.47. The molecule has 1 aliphatic carbocycles. The first-order valence-electron chi connectivity index (χ1n) is 12.2. The Morgan fingerprint density at radius 1 is 1.11 bits per heavy atom. The zero-order valence-corrected chi connectivity index (χ0v) is 23.1. The maximum atomic E-state index is 13.6. The van der Waals surface area contributed by atoms with Crippen LogP contribution in [0.4, 0.5) is 4.79 Å². The lowest BCUT2D eigenvalue weighted by Gasteiger charge is -2.35. The molecule has 1 saturated heterocycles. The van der Waals surface area contributed by atoms with Crippen LogP contribution in [0, 0.1) is 0 Å². The summed E-state index contributed by atoms with van der Waals surface area (Å²) in [6.45, 7) is 5.04. The summed E-state index contributed by atoms with van der Waals surface area (Å²) in [5.74, 6) is -1.32. The number of carboxylic acids is 1. The average molecular weight is 558 g/mol. The number of nitrogens with zero attached hydrogens (tertiary/aromatic N) is 1. The summed E-state index contributed by atoms with van der Waals surface area (Å²) in [7, 11) is 0. The highest BCUT2D eigenvalue weighted by atomic mass is 32.2. The van der Waals surface area contributed by atoms with Gasteiger partial charge in [-0.3, -0.25) is 9.59 Å². The number of amides is 3. The van der Waals surface area contributed by atoms with Crippen molar-refractivity contribution in [3.05, 3.63) is 59.7 Å². The number of alkyl carbamates (subject to hydrolysis) is 1. The van der Waals surface area contributed by atoms with Crippen molar-refractivity contribution in [2.24, 2.45) is 0 Å². The molecular weight excluding hydrogens is 526 g/mol. The van der Waals surface area contributed by atoms with Crippen LogP contribution < -0.4 is 10.6 Å². The molecule has 0 saturated carbocycles. The number of hydrogen-bond acceptors (Lipinski definition) is 7. The zero-order valence-electron chi connectivity index (χ0n) is 21.4. The van der Waals surface area contributed by atoms with E-state index in [2.05, 4.69) is 10.6 Å². The van der Waals surface area contributed by atoms with Gasteiger partial charge in [0.1, 0.15) is 18.7 Å². The molecule has 0 radical (unpaired) electrons. The van der Waals surface area contributed by atoms with Crippen molar-refractivity contribution >= 4 is 47.4 Å². The Kier molecular flexibility index (Phi) is 8.57. The molecule has 4 rings (SSSR count). The zero-order chi connectivity index (χ0) is 27.4. The van der Waals surface area contributed by atoms with Gasteiger partial charge in [-0.1, -0.05) is 48.5 Å². The smallest absolute Gasteiger partial charge is 0.407 e. The summed E-state index contributed by atoms with van der Waals surface area (Å²) in [6.07, 6.45) is -0.762. The van der Waals surface area contributed by atoms with Gasteiger partial charge < -0.3 is 25.4 Å². The normalized spacial score (nSPS) is 18.3. The molecule has 2 aliphatic rings. The third-order valence-corrected chi connectivity index (χ3v) is 8.95. The highest BCUT2D eigenvalue weighted by Gasteiger charge is 2.48. The molecule has 38 heavy (non-hydrogen) atoms. The molecule has 0 aromatic heterocycles. The molecule has 2 aromatic carbocycles. The molecule has 0 bridgehead atoms. The molecular formula is C27H31N3O6S2. The Labute approximate surface area is 230 Å². The van der Waals surface area contributed by atoms with E-state index >= 15 is 0 Å². The van der Waals surface area contributed by atoms with Crippen LogP contribution >= 0.6 is 23.5 Å². The van der Waals surface area contributed by atoms with Gasteiger partial charge in [0.25, 0.3) is 0 Å². The highest BCUT2D eigenvalue weighted by Crippen LogP contribution is 2.44. The Morgan fingerprint density at radius 3 is 2.29 bits per heavy atom. The Bertz CT molecular complexity index is 1190. The minimum atomic E-state index is -1.10. The second kappa shape index (κ2) is 11.7. The van der Waals surface area contributed by atoms with Crippen LogP contribution in [-0.2, 0) is 19.1 Å². The van der Waals surface area contributed by atoms with Crippen molar-refractivity contribution in [3.63, 3.8) is 0 Å². The Hall–Kier alpha value is -3.18. The topological polar surface area (TPSA) is 125 Å². The van der Waals surface area contributed by atoms with Gasteiger partial charge in [0.15, 0.2) is 0 Å². The lowest BCUT2D eigenvalue weighted by Crippen LogP contribution is -2.58. The molecule has 2 aromatic rings. The monoisotopic (exact) mass is 557 g/mol. The maximum Gasteiger partial charge on any atom is 0.407 e. The lowest BCUT2D eigenvalue weighted by molar-refractivity contribution is -0.151. The van der Waals surface area contributed by atoms with Crippen molar-refractivity contribution in [2.75, 3.05) is 24.0 Å². The van der Waals surface area contributed by atoms with E-state index in [-0.39, 0.29) is 35.8 Å². The van der Waals surface area contributed by atoms with Crippen LogP contribution in [0.3, 0.4) is 0 Å². The van der Waals surface area contributed by atoms with E-state index in [0.717, 1.165) is 22.3 Å². The van der Waals surface area contributed by atoms with Crippen LogP contribution in [0.15, 0.2) is 48.5 Å². The number of thioether (sulfide) groups is 2. The minimum Gasteiger partial charge on any atom is -0.480 e. The Morgan fingerprint density at radius 2 is 1.71 bits per heavy atom. The second-order valence-electron chi connectivity index (χ2n) is 9.59. The number of hydrogen-bond donors (Lipinski definition) is 3. The number of nitrogens with one attached hydrogen (secondary N) is 2. The second-order valence-corrected chi connectivity index (χ2v) is 12.2. The first-order valence-corrected chi connectivity index (χ1v) is 14.4. The van der Waals surface area contributed by atoms with Crippen LogP contribution in [0.1, 0.15) is 37.8 Å². The van der Waals surface area contributed by atoms with E-state index in [1.807, 2.05) is 48.5 Å². The molecule has 0 unspecified atom stereocenters. The standard InChI is InChI=1S/C27H31N3O6S2/c1-16(31)28-15-37-13-22(24(32)30-23(25(33)34)14-38-27(30,2)3)29-26(35)36-12-21-19-10-6-4-8-17(19)18-9-5-7-11-20(18)21/h4-11,21-23H,12-15H2,1-3H3,(H,28,31)(H,29,35)(H,33,34)/t22-,23-/m0/s1. The van der Waals surface area contributed by atoms with Gasteiger partial charge in [0.2, 0.25) is 11.8 Å². The SMILES string of the molecule is CC(=O)NCSC[C@H](NC(=O)OCC1c2ccccc2-c2ccccc21)C(=O)N1[C@H](C(=O)O)CSC1(C)C. The van der Waals surface area contributed by atoms with Crippen molar-refractivity contribution in [1.29, 1.82) is 0 Å². The molecule has 0 spiro atoms. The van der Waals surface area contributed by atoms with Gasteiger partial charge >= 0.3 is 12.1 Å². The van der Waals surface area contributed by atoms with Gasteiger partial charge in [-0.15, -0.1) is 23.5 Å². The van der Waals surface area contributed by atoms with Gasteiger partial charge in [-0.05, 0) is 36.1 Å². The fraction of sp³-hybridized carbons (Fsp3) is 0.407. The van der Waals surface area contributed by atoms with E-state index in [9.17, 15) is 24.3 Å². The van der Waals surface area contributed by atoms with Gasteiger partial charge in [0, 0.05) is 24.3 Å². The molecule has 2 atom stereocenters. The third kappa shape index (κ3) is 5.94. The molecule has 11 heteroatoms. The van der Waals surface area contributed by atoms with Crippen molar-refractivity contribution < 1.29 is 29.0 Å². The summed E-state index contributed by atoms with van der Waals surface area (Å²) >= 11 is 2.62. The van der Waals surface area contributed by atoms with E-state index in [4.69, 9.17) is 4.74 Å². The number of aliphatic carboxylic acids is 1. The number of carbonyl (C=O) groups is 4. The fourth-order valence-electron chi connectivity index (χ4n) is 4.86. The largest absolute Gasteiger partial charge is 0.480 e. The quantitative estimate of drug-likeness (QED) is 0.316. The number of carbonyl (C=O) groups excluding carboxylic acids is 3. The number of benzene rings is 2. The van der Waals surface area contributed by atoms with Gasteiger partial charge in [-0.2, -0.15) is 0 Å². The summed E-state index contributed by atoms with van der Waals surface area (Å²) in [5.41, 5.74) is 4.35. The van der Waals surface area contributed by atoms with Gasteiger partial charge in [0.05, 0.1) is 10.7 Å². The van der Waals surface area contributed by atoms with Crippen molar-refractivity contribution in [1.82, 2.24) is 15.5 Å². The summed E-state index contributed by atoms with van der Waals surface area (Å²) in [4.78, 5) is 50.2. The first kappa shape index (κ1) is 27.8. The summed E-state index contributed by atoms with van der Waals surface area (Å²) in [6, 6.07) is 13.9. The van der Waals surface area contributed by atoms with Crippen molar-refractivity contribution in [3.8, 4) is 11.1 Å².